The zero-order chi connectivity index (χ0) is 14.3. The molecule has 0 aliphatic carbocycles. The Labute approximate surface area is 114 Å². The number of carbonyl (C=O) groups is 1. The van der Waals surface area contributed by atoms with Crippen LogP contribution in [0.25, 0.3) is 0 Å². The third-order valence-corrected chi connectivity index (χ3v) is 2.73. The lowest BCUT2D eigenvalue weighted by molar-refractivity contribution is -0.132. The van der Waals surface area contributed by atoms with E-state index in [1.54, 1.807) is 13.0 Å². The minimum absolute atomic E-state index is 0.152. The molecule has 0 radical (unpaired) electrons. The minimum atomic E-state index is -0.884. The lowest BCUT2D eigenvalue weighted by Crippen LogP contribution is -2.32. The van der Waals surface area contributed by atoms with Crippen molar-refractivity contribution in [2.24, 2.45) is 0 Å². The van der Waals surface area contributed by atoms with Crippen LogP contribution in [-0.2, 0) is 4.79 Å². The molecule has 0 aliphatic heterocycles. The number of benzene rings is 1. The van der Waals surface area contributed by atoms with Gasteiger partial charge in [-0.3, -0.25) is 0 Å². The van der Waals surface area contributed by atoms with Crippen molar-refractivity contribution in [2.45, 2.75) is 26.8 Å². The van der Waals surface area contributed by atoms with E-state index in [-0.39, 0.29) is 6.04 Å². The normalized spacial score (nSPS) is 13.1. The van der Waals surface area contributed by atoms with Gasteiger partial charge in [-0.05, 0) is 32.9 Å². The van der Waals surface area contributed by atoms with Crippen LogP contribution >= 0.6 is 0 Å². The van der Waals surface area contributed by atoms with Crippen LogP contribution in [0.15, 0.2) is 35.9 Å². The number of ether oxygens (including phenoxy) is 1. The van der Waals surface area contributed by atoms with E-state index in [4.69, 9.17) is 9.84 Å². The van der Waals surface area contributed by atoms with Crippen molar-refractivity contribution >= 4 is 5.97 Å². The Balaban J connectivity index is 2.28. The molecule has 104 valence electrons. The van der Waals surface area contributed by atoms with Crippen LogP contribution < -0.4 is 10.1 Å². The Bertz CT molecular complexity index is 437. The lowest BCUT2D eigenvalue weighted by atomic mass is 10.2. The van der Waals surface area contributed by atoms with Crippen LogP contribution in [0.5, 0.6) is 5.75 Å². The zero-order valence-electron chi connectivity index (χ0n) is 11.6. The number of hydrogen-bond acceptors (Lipinski definition) is 3. The van der Waals surface area contributed by atoms with Gasteiger partial charge in [0, 0.05) is 18.2 Å². The summed E-state index contributed by atoms with van der Waals surface area (Å²) < 4.78 is 5.63. The number of carboxylic acid groups (broad SMARTS) is 1. The highest BCUT2D eigenvalue weighted by atomic mass is 16.5. The number of aliphatic carboxylic acids is 1. The Morgan fingerprint density at radius 3 is 2.63 bits per heavy atom. The van der Waals surface area contributed by atoms with Gasteiger partial charge in [-0.25, -0.2) is 4.79 Å². The molecule has 0 aromatic heterocycles. The van der Waals surface area contributed by atoms with Gasteiger partial charge in [0.1, 0.15) is 12.4 Å². The summed E-state index contributed by atoms with van der Waals surface area (Å²) in [5, 5.41) is 11.9. The zero-order valence-corrected chi connectivity index (χ0v) is 11.6. The molecular weight excluding hydrogens is 242 g/mol. The van der Waals surface area contributed by atoms with Crippen molar-refractivity contribution in [1.82, 2.24) is 5.32 Å². The summed E-state index contributed by atoms with van der Waals surface area (Å²) in [5.41, 5.74) is 1.55. The molecule has 1 unspecified atom stereocenters. The van der Waals surface area contributed by atoms with Gasteiger partial charge >= 0.3 is 5.97 Å². The molecule has 2 N–H and O–H groups in total. The second kappa shape index (κ2) is 7.59. The van der Waals surface area contributed by atoms with Gasteiger partial charge in [0.15, 0.2) is 0 Å². The Morgan fingerprint density at radius 1 is 1.42 bits per heavy atom. The van der Waals surface area contributed by atoms with Crippen molar-refractivity contribution in [3.05, 3.63) is 41.5 Å². The molecule has 0 saturated heterocycles. The molecule has 0 spiro atoms. The van der Waals surface area contributed by atoms with Crippen molar-refractivity contribution in [3.63, 3.8) is 0 Å². The van der Waals surface area contributed by atoms with Gasteiger partial charge in [0.05, 0.1) is 0 Å². The summed E-state index contributed by atoms with van der Waals surface area (Å²) in [6, 6.07) is 8.05. The average molecular weight is 263 g/mol. The Morgan fingerprint density at radius 2 is 2.05 bits per heavy atom. The highest BCUT2D eigenvalue weighted by Gasteiger charge is 2.03. The van der Waals surface area contributed by atoms with Crippen LogP contribution in [-0.4, -0.2) is 30.3 Å². The third kappa shape index (κ3) is 6.06. The molecule has 1 aromatic rings. The highest BCUT2D eigenvalue weighted by Crippen LogP contribution is 2.11. The van der Waals surface area contributed by atoms with E-state index in [0.29, 0.717) is 18.7 Å². The first-order valence-corrected chi connectivity index (χ1v) is 6.32. The second-order valence-electron chi connectivity index (χ2n) is 4.63. The maximum atomic E-state index is 10.6. The standard InChI is InChI=1S/C15H21NO3/c1-11-4-6-14(7-5-11)19-10-13(3)16-9-8-12(2)15(17)18/h4-8,13,16H,9-10H2,1-3H3,(H,17,18)/b12-8-. The predicted molar refractivity (Wildman–Crippen MR) is 75.5 cm³/mol. The van der Waals surface area contributed by atoms with Gasteiger partial charge in [0.2, 0.25) is 0 Å². The van der Waals surface area contributed by atoms with Crippen LogP contribution in [0, 0.1) is 6.92 Å². The first-order valence-electron chi connectivity index (χ1n) is 6.32. The van der Waals surface area contributed by atoms with Gasteiger partial charge in [-0.1, -0.05) is 23.8 Å². The quantitative estimate of drug-likeness (QED) is 0.742. The fraction of sp³-hybridized carbons (Fsp3) is 0.400. The molecule has 0 bridgehead atoms. The molecular formula is C15H21NO3. The monoisotopic (exact) mass is 263 g/mol. The maximum Gasteiger partial charge on any atom is 0.330 e. The summed E-state index contributed by atoms with van der Waals surface area (Å²) in [5.74, 6) is -0.0399. The molecule has 4 heteroatoms. The Hall–Kier alpha value is -1.81. The van der Waals surface area contributed by atoms with E-state index in [1.807, 2.05) is 38.1 Å². The molecule has 0 heterocycles. The predicted octanol–water partition coefficient (Wildman–Crippen LogP) is 2.38. The molecule has 4 nitrogen and oxygen atoms in total. The first kappa shape index (κ1) is 15.2. The SMILES string of the molecule is C/C(=C/CNC(C)COc1ccc(C)cc1)C(=O)O. The molecule has 1 rings (SSSR count). The maximum absolute atomic E-state index is 10.6. The first-order chi connectivity index (χ1) is 8.99. The highest BCUT2D eigenvalue weighted by molar-refractivity contribution is 5.85. The van der Waals surface area contributed by atoms with E-state index in [1.165, 1.54) is 5.56 Å². The van der Waals surface area contributed by atoms with Crippen LogP contribution in [0.3, 0.4) is 0 Å². The van der Waals surface area contributed by atoms with Crippen LogP contribution in [0.4, 0.5) is 0 Å². The van der Waals surface area contributed by atoms with E-state index >= 15 is 0 Å². The molecule has 0 aliphatic rings. The second-order valence-corrected chi connectivity index (χ2v) is 4.63. The number of aryl methyl sites for hydroxylation is 1. The molecule has 1 aromatic carbocycles. The summed E-state index contributed by atoms with van der Waals surface area (Å²) in [6.07, 6.45) is 1.66. The van der Waals surface area contributed by atoms with Crippen LogP contribution in [0.2, 0.25) is 0 Å². The smallest absolute Gasteiger partial charge is 0.330 e. The molecule has 1 atom stereocenters. The van der Waals surface area contributed by atoms with Crippen LogP contribution in [0.1, 0.15) is 19.4 Å². The fourth-order valence-corrected chi connectivity index (χ4v) is 1.42. The van der Waals surface area contributed by atoms with E-state index in [2.05, 4.69) is 5.32 Å². The summed E-state index contributed by atoms with van der Waals surface area (Å²) in [6.45, 7) is 6.68. The number of carboxylic acids is 1. The van der Waals surface area contributed by atoms with E-state index in [9.17, 15) is 4.79 Å². The Kier molecular flexibility index (Phi) is 6.09. The largest absolute Gasteiger partial charge is 0.492 e. The molecule has 0 saturated carbocycles. The van der Waals surface area contributed by atoms with Crippen molar-refractivity contribution < 1.29 is 14.6 Å². The van der Waals surface area contributed by atoms with Gasteiger partial charge in [-0.2, -0.15) is 0 Å². The number of hydrogen-bond donors (Lipinski definition) is 2. The molecule has 0 amide bonds. The van der Waals surface area contributed by atoms with Gasteiger partial charge in [-0.15, -0.1) is 0 Å². The van der Waals surface area contributed by atoms with Crippen molar-refractivity contribution in [2.75, 3.05) is 13.2 Å². The van der Waals surface area contributed by atoms with Gasteiger partial charge < -0.3 is 15.2 Å². The summed E-state index contributed by atoms with van der Waals surface area (Å²) >= 11 is 0. The third-order valence-electron chi connectivity index (χ3n) is 2.73. The topological polar surface area (TPSA) is 58.6 Å². The summed E-state index contributed by atoms with van der Waals surface area (Å²) in [4.78, 5) is 10.6. The minimum Gasteiger partial charge on any atom is -0.492 e. The average Bonchev–Trinajstić information content (AvgIpc) is 2.37. The van der Waals surface area contributed by atoms with E-state index < -0.39 is 5.97 Å². The molecule has 0 fully saturated rings. The van der Waals surface area contributed by atoms with E-state index in [0.717, 1.165) is 5.75 Å². The lowest BCUT2D eigenvalue weighted by Gasteiger charge is -2.14. The summed E-state index contributed by atoms with van der Waals surface area (Å²) in [7, 11) is 0. The number of nitrogens with one attached hydrogen (secondary N) is 1. The van der Waals surface area contributed by atoms with Crippen molar-refractivity contribution in [1.29, 1.82) is 0 Å². The van der Waals surface area contributed by atoms with Crippen molar-refractivity contribution in [3.8, 4) is 5.75 Å². The fourth-order valence-electron chi connectivity index (χ4n) is 1.42. The molecule has 19 heavy (non-hydrogen) atoms. The van der Waals surface area contributed by atoms with Gasteiger partial charge in [0.25, 0.3) is 0 Å². The number of rotatable bonds is 7.